The standard InChI is InChI=1S/C9H10N4O/c1-7-12-13-9(14-7)11-6-8-3-2-4-10-5-8/h2-5H,6H2,1H3,(H,11,13). The van der Waals surface area contributed by atoms with Crippen molar-refractivity contribution in [3.05, 3.63) is 36.0 Å². The molecule has 0 saturated heterocycles. The zero-order valence-corrected chi connectivity index (χ0v) is 7.77. The summed E-state index contributed by atoms with van der Waals surface area (Å²) in [5.41, 5.74) is 1.07. The van der Waals surface area contributed by atoms with E-state index in [-0.39, 0.29) is 0 Å². The molecule has 2 aromatic heterocycles. The SMILES string of the molecule is Cc1nnc(NCc2cccnc2)o1. The number of nitrogens with one attached hydrogen (secondary N) is 1. The first-order valence-corrected chi connectivity index (χ1v) is 4.27. The summed E-state index contributed by atoms with van der Waals surface area (Å²) in [6, 6.07) is 4.30. The number of anilines is 1. The predicted molar refractivity (Wildman–Crippen MR) is 50.6 cm³/mol. The van der Waals surface area contributed by atoms with E-state index in [9.17, 15) is 0 Å². The van der Waals surface area contributed by atoms with E-state index in [1.54, 1.807) is 19.3 Å². The van der Waals surface area contributed by atoms with E-state index >= 15 is 0 Å². The average Bonchev–Trinajstić information content (AvgIpc) is 2.63. The molecule has 72 valence electrons. The molecular formula is C9H10N4O. The van der Waals surface area contributed by atoms with Gasteiger partial charge in [-0.3, -0.25) is 4.98 Å². The van der Waals surface area contributed by atoms with Crippen LogP contribution >= 0.6 is 0 Å². The number of hydrogen-bond donors (Lipinski definition) is 1. The Morgan fingerprint density at radius 3 is 3.00 bits per heavy atom. The molecule has 0 saturated carbocycles. The van der Waals surface area contributed by atoms with E-state index in [0.717, 1.165) is 5.56 Å². The fourth-order valence-electron chi connectivity index (χ4n) is 1.05. The van der Waals surface area contributed by atoms with E-state index in [2.05, 4.69) is 20.5 Å². The fraction of sp³-hybridized carbons (Fsp3) is 0.222. The van der Waals surface area contributed by atoms with Crippen LogP contribution in [0.5, 0.6) is 0 Å². The highest BCUT2D eigenvalue weighted by molar-refractivity contribution is 5.21. The van der Waals surface area contributed by atoms with Gasteiger partial charge in [0.25, 0.3) is 0 Å². The summed E-state index contributed by atoms with van der Waals surface area (Å²) in [7, 11) is 0. The quantitative estimate of drug-likeness (QED) is 0.792. The molecule has 0 unspecified atom stereocenters. The van der Waals surface area contributed by atoms with Gasteiger partial charge in [0, 0.05) is 25.9 Å². The van der Waals surface area contributed by atoms with Crippen LogP contribution in [0.2, 0.25) is 0 Å². The lowest BCUT2D eigenvalue weighted by Crippen LogP contribution is -1.99. The van der Waals surface area contributed by atoms with Gasteiger partial charge in [-0.2, -0.15) is 0 Å². The van der Waals surface area contributed by atoms with Crippen molar-refractivity contribution in [1.82, 2.24) is 15.2 Å². The second-order valence-corrected chi connectivity index (χ2v) is 2.84. The highest BCUT2D eigenvalue weighted by atomic mass is 16.4. The minimum atomic E-state index is 0.436. The molecule has 1 N–H and O–H groups in total. The van der Waals surface area contributed by atoms with Gasteiger partial charge in [0.05, 0.1) is 0 Å². The summed E-state index contributed by atoms with van der Waals surface area (Å²) in [4.78, 5) is 4.00. The molecule has 0 aromatic carbocycles. The van der Waals surface area contributed by atoms with Gasteiger partial charge in [-0.1, -0.05) is 11.2 Å². The summed E-state index contributed by atoms with van der Waals surface area (Å²) >= 11 is 0. The maximum atomic E-state index is 5.15. The number of nitrogens with zero attached hydrogens (tertiary/aromatic N) is 3. The molecule has 0 aliphatic carbocycles. The molecule has 14 heavy (non-hydrogen) atoms. The summed E-state index contributed by atoms with van der Waals surface area (Å²) in [6.45, 7) is 2.39. The Morgan fingerprint density at radius 2 is 2.36 bits per heavy atom. The highest BCUT2D eigenvalue weighted by Crippen LogP contribution is 2.05. The number of aryl methyl sites for hydroxylation is 1. The number of hydrogen-bond acceptors (Lipinski definition) is 5. The topological polar surface area (TPSA) is 63.8 Å². The summed E-state index contributed by atoms with van der Waals surface area (Å²) in [5.74, 6) is 0.554. The first-order chi connectivity index (χ1) is 6.84. The maximum Gasteiger partial charge on any atom is 0.315 e. The molecule has 2 aromatic rings. The van der Waals surface area contributed by atoms with Crippen LogP contribution in [0.3, 0.4) is 0 Å². The van der Waals surface area contributed by atoms with Crippen molar-refractivity contribution < 1.29 is 4.42 Å². The lowest BCUT2D eigenvalue weighted by atomic mass is 10.3. The third kappa shape index (κ3) is 2.07. The van der Waals surface area contributed by atoms with Crippen LogP contribution in [0, 0.1) is 6.92 Å². The zero-order valence-electron chi connectivity index (χ0n) is 7.77. The van der Waals surface area contributed by atoms with Crippen molar-refractivity contribution in [2.45, 2.75) is 13.5 Å². The Morgan fingerprint density at radius 1 is 1.43 bits per heavy atom. The van der Waals surface area contributed by atoms with Gasteiger partial charge in [0.1, 0.15) is 0 Å². The Hall–Kier alpha value is -1.91. The maximum absolute atomic E-state index is 5.15. The van der Waals surface area contributed by atoms with Crippen molar-refractivity contribution in [2.24, 2.45) is 0 Å². The van der Waals surface area contributed by atoms with Gasteiger partial charge >= 0.3 is 6.01 Å². The predicted octanol–water partition coefficient (Wildman–Crippen LogP) is 1.39. The molecule has 0 fully saturated rings. The molecular weight excluding hydrogens is 180 g/mol. The number of aromatic nitrogens is 3. The van der Waals surface area contributed by atoms with E-state index < -0.39 is 0 Å². The fourth-order valence-corrected chi connectivity index (χ4v) is 1.05. The minimum Gasteiger partial charge on any atom is -0.408 e. The van der Waals surface area contributed by atoms with Crippen LogP contribution in [0.4, 0.5) is 6.01 Å². The van der Waals surface area contributed by atoms with Crippen LogP contribution < -0.4 is 5.32 Å². The van der Waals surface area contributed by atoms with Crippen LogP contribution in [0.15, 0.2) is 28.9 Å². The second-order valence-electron chi connectivity index (χ2n) is 2.84. The van der Waals surface area contributed by atoms with Gasteiger partial charge < -0.3 is 9.73 Å². The van der Waals surface area contributed by atoms with Crippen LogP contribution in [0.25, 0.3) is 0 Å². The molecule has 0 spiro atoms. The summed E-state index contributed by atoms with van der Waals surface area (Å²) < 4.78 is 5.15. The van der Waals surface area contributed by atoms with E-state index in [0.29, 0.717) is 18.5 Å². The van der Waals surface area contributed by atoms with Crippen LogP contribution in [-0.2, 0) is 6.54 Å². The second kappa shape index (κ2) is 3.87. The molecule has 5 heteroatoms. The van der Waals surface area contributed by atoms with Crippen molar-refractivity contribution >= 4 is 6.01 Å². The molecule has 0 aliphatic rings. The van der Waals surface area contributed by atoms with Gasteiger partial charge in [-0.15, -0.1) is 5.10 Å². The monoisotopic (exact) mass is 190 g/mol. The molecule has 0 atom stereocenters. The molecule has 2 rings (SSSR count). The first kappa shape index (κ1) is 8.68. The number of rotatable bonds is 3. The Balaban J connectivity index is 1.95. The van der Waals surface area contributed by atoms with E-state index in [1.807, 2.05) is 12.1 Å². The summed E-state index contributed by atoms with van der Waals surface area (Å²) in [5, 5.41) is 10.5. The minimum absolute atomic E-state index is 0.436. The van der Waals surface area contributed by atoms with Crippen LogP contribution in [-0.4, -0.2) is 15.2 Å². The molecule has 0 aliphatic heterocycles. The largest absolute Gasteiger partial charge is 0.408 e. The van der Waals surface area contributed by atoms with Gasteiger partial charge in [-0.25, -0.2) is 0 Å². The smallest absolute Gasteiger partial charge is 0.315 e. The number of pyridine rings is 1. The molecule has 0 amide bonds. The first-order valence-electron chi connectivity index (χ1n) is 4.27. The van der Waals surface area contributed by atoms with Crippen molar-refractivity contribution in [2.75, 3.05) is 5.32 Å². The lowest BCUT2D eigenvalue weighted by molar-refractivity contribution is 0.530. The zero-order chi connectivity index (χ0) is 9.80. The molecule has 0 radical (unpaired) electrons. The molecule has 0 bridgehead atoms. The van der Waals surface area contributed by atoms with Crippen molar-refractivity contribution in [1.29, 1.82) is 0 Å². The lowest BCUT2D eigenvalue weighted by Gasteiger charge is -1.99. The third-order valence-corrected chi connectivity index (χ3v) is 1.69. The van der Waals surface area contributed by atoms with Gasteiger partial charge in [0.15, 0.2) is 0 Å². The van der Waals surface area contributed by atoms with Crippen LogP contribution in [0.1, 0.15) is 11.5 Å². The Bertz CT molecular complexity index is 398. The highest BCUT2D eigenvalue weighted by Gasteiger charge is 2.00. The Kier molecular flexibility index (Phi) is 2.40. The van der Waals surface area contributed by atoms with E-state index in [4.69, 9.17) is 4.42 Å². The van der Waals surface area contributed by atoms with Crippen molar-refractivity contribution in [3.63, 3.8) is 0 Å². The third-order valence-electron chi connectivity index (χ3n) is 1.69. The normalized spacial score (nSPS) is 10.1. The van der Waals surface area contributed by atoms with Gasteiger partial charge in [0.2, 0.25) is 5.89 Å². The van der Waals surface area contributed by atoms with Gasteiger partial charge in [-0.05, 0) is 11.6 Å². The molecule has 5 nitrogen and oxygen atoms in total. The van der Waals surface area contributed by atoms with Crippen molar-refractivity contribution in [3.8, 4) is 0 Å². The molecule has 2 heterocycles. The average molecular weight is 190 g/mol. The van der Waals surface area contributed by atoms with E-state index in [1.165, 1.54) is 0 Å². The summed E-state index contributed by atoms with van der Waals surface area (Å²) in [6.07, 6.45) is 3.52. The Labute approximate surface area is 81.2 Å².